The van der Waals surface area contributed by atoms with Crippen LogP contribution in [0, 0.1) is 6.92 Å². The lowest BCUT2D eigenvalue weighted by Crippen LogP contribution is -2.38. The largest absolute Gasteiger partial charge is 0.487 e. The van der Waals surface area contributed by atoms with E-state index in [0.29, 0.717) is 6.73 Å². The predicted molar refractivity (Wildman–Crippen MR) is 140 cm³/mol. The quantitative estimate of drug-likeness (QED) is 0.354. The molecule has 1 aromatic rings. The fraction of sp³-hybridized carbons (Fsp3) is 0.600. The van der Waals surface area contributed by atoms with Crippen molar-refractivity contribution in [1.29, 1.82) is 0 Å². The average molecular weight is 452 g/mol. The van der Waals surface area contributed by atoms with Crippen LogP contribution in [0.2, 0.25) is 0 Å². The van der Waals surface area contributed by atoms with Crippen LogP contribution in [0.5, 0.6) is 11.5 Å². The van der Waals surface area contributed by atoms with Gasteiger partial charge >= 0.3 is 0 Å². The van der Waals surface area contributed by atoms with Gasteiger partial charge in [0, 0.05) is 17.7 Å². The minimum atomic E-state index is -0.0916. The SMILES string of the molecule is CC(C)=CCC/C(C)=C/CC/C(C)=C/CC[C@]1(C)CCc2c3c(cc(C)c2O1)OCN(C)C3. The molecule has 2 aliphatic heterocycles. The first-order chi connectivity index (χ1) is 15.7. The highest BCUT2D eigenvalue weighted by Crippen LogP contribution is 2.44. The molecule has 2 aliphatic rings. The van der Waals surface area contributed by atoms with Crippen LogP contribution in [0.1, 0.15) is 96.3 Å². The van der Waals surface area contributed by atoms with Crippen LogP contribution in [0.15, 0.2) is 41.0 Å². The Morgan fingerprint density at radius 2 is 1.67 bits per heavy atom. The highest BCUT2D eigenvalue weighted by molar-refractivity contribution is 5.55. The summed E-state index contributed by atoms with van der Waals surface area (Å²) in [4.78, 5) is 2.22. The van der Waals surface area contributed by atoms with Gasteiger partial charge in [0.15, 0.2) is 0 Å². The molecule has 0 saturated carbocycles. The molecular formula is C30H45NO2. The van der Waals surface area contributed by atoms with E-state index >= 15 is 0 Å². The number of hydrogen-bond donors (Lipinski definition) is 0. The molecule has 2 heterocycles. The van der Waals surface area contributed by atoms with Crippen LogP contribution in [0.25, 0.3) is 0 Å². The first-order valence-electron chi connectivity index (χ1n) is 12.8. The molecule has 0 fully saturated rings. The number of rotatable bonds is 9. The normalized spacial score (nSPS) is 21.1. The second-order valence-electron chi connectivity index (χ2n) is 10.8. The fourth-order valence-electron chi connectivity index (χ4n) is 4.90. The fourth-order valence-corrected chi connectivity index (χ4v) is 4.90. The van der Waals surface area contributed by atoms with Gasteiger partial charge in [0.2, 0.25) is 0 Å². The van der Waals surface area contributed by atoms with E-state index in [4.69, 9.17) is 9.47 Å². The minimum absolute atomic E-state index is 0.0916. The van der Waals surface area contributed by atoms with Crippen molar-refractivity contribution in [2.24, 2.45) is 0 Å². The minimum Gasteiger partial charge on any atom is -0.487 e. The molecule has 0 aliphatic carbocycles. The molecule has 1 aromatic carbocycles. The lowest BCUT2D eigenvalue weighted by Gasteiger charge is -2.39. The van der Waals surface area contributed by atoms with E-state index in [-0.39, 0.29) is 5.60 Å². The molecule has 0 N–H and O–H groups in total. The summed E-state index contributed by atoms with van der Waals surface area (Å²) in [7, 11) is 2.11. The van der Waals surface area contributed by atoms with Gasteiger partial charge in [-0.3, -0.25) is 4.90 Å². The van der Waals surface area contributed by atoms with E-state index in [0.717, 1.165) is 63.0 Å². The third kappa shape index (κ3) is 7.24. The lowest BCUT2D eigenvalue weighted by molar-refractivity contribution is 0.0538. The second kappa shape index (κ2) is 11.4. The number of ether oxygens (including phenoxy) is 2. The highest BCUT2D eigenvalue weighted by Gasteiger charge is 2.34. The van der Waals surface area contributed by atoms with Crippen LogP contribution < -0.4 is 9.47 Å². The Morgan fingerprint density at radius 3 is 2.36 bits per heavy atom. The van der Waals surface area contributed by atoms with Crippen LogP contribution in [0.3, 0.4) is 0 Å². The van der Waals surface area contributed by atoms with Crippen LogP contribution in [0.4, 0.5) is 0 Å². The molecule has 3 rings (SSSR count). The maximum atomic E-state index is 6.68. The van der Waals surface area contributed by atoms with Crippen molar-refractivity contribution in [3.05, 3.63) is 57.7 Å². The Balaban J connectivity index is 1.52. The molecule has 0 amide bonds. The molecule has 0 aromatic heterocycles. The average Bonchev–Trinajstić information content (AvgIpc) is 2.74. The van der Waals surface area contributed by atoms with Gasteiger partial charge in [-0.15, -0.1) is 0 Å². The van der Waals surface area contributed by atoms with Gasteiger partial charge in [-0.25, -0.2) is 0 Å². The zero-order valence-electron chi connectivity index (χ0n) is 22.1. The molecule has 1 atom stereocenters. The Hall–Kier alpha value is -2.00. The number of allylic oxidation sites excluding steroid dienone is 6. The summed E-state index contributed by atoms with van der Waals surface area (Å²) in [5.74, 6) is 2.16. The van der Waals surface area contributed by atoms with E-state index in [1.54, 1.807) is 0 Å². The van der Waals surface area contributed by atoms with Gasteiger partial charge in [0.05, 0.1) is 0 Å². The van der Waals surface area contributed by atoms with Crippen molar-refractivity contribution in [1.82, 2.24) is 4.90 Å². The van der Waals surface area contributed by atoms with Crippen molar-refractivity contribution >= 4 is 0 Å². The first-order valence-corrected chi connectivity index (χ1v) is 12.8. The summed E-state index contributed by atoms with van der Waals surface area (Å²) in [6.07, 6.45) is 16.1. The monoisotopic (exact) mass is 451 g/mol. The van der Waals surface area contributed by atoms with Gasteiger partial charge in [-0.1, -0.05) is 34.9 Å². The predicted octanol–water partition coefficient (Wildman–Crippen LogP) is 8.06. The van der Waals surface area contributed by atoms with Crippen molar-refractivity contribution in [2.75, 3.05) is 13.8 Å². The highest BCUT2D eigenvalue weighted by atomic mass is 16.5. The van der Waals surface area contributed by atoms with Gasteiger partial charge < -0.3 is 9.47 Å². The summed E-state index contributed by atoms with van der Waals surface area (Å²) in [6.45, 7) is 15.0. The summed E-state index contributed by atoms with van der Waals surface area (Å²) in [5, 5.41) is 0. The number of nitrogens with zero attached hydrogens (tertiary/aromatic N) is 1. The Kier molecular flexibility index (Phi) is 8.87. The molecule has 0 bridgehead atoms. The Bertz CT molecular complexity index is 920. The third-order valence-electron chi connectivity index (χ3n) is 7.05. The topological polar surface area (TPSA) is 21.7 Å². The van der Waals surface area contributed by atoms with Gasteiger partial charge in [0.1, 0.15) is 23.8 Å². The molecule has 0 unspecified atom stereocenters. The summed E-state index contributed by atoms with van der Waals surface area (Å²) >= 11 is 0. The van der Waals surface area contributed by atoms with Crippen molar-refractivity contribution in [3.8, 4) is 11.5 Å². The summed E-state index contributed by atoms with van der Waals surface area (Å²) in [6, 6.07) is 2.17. The van der Waals surface area contributed by atoms with Crippen molar-refractivity contribution in [3.63, 3.8) is 0 Å². The van der Waals surface area contributed by atoms with Gasteiger partial charge in [-0.2, -0.15) is 0 Å². The summed E-state index contributed by atoms with van der Waals surface area (Å²) in [5.41, 5.74) is 8.23. The summed E-state index contributed by atoms with van der Waals surface area (Å²) < 4.78 is 12.6. The maximum Gasteiger partial charge on any atom is 0.142 e. The van der Waals surface area contributed by atoms with Gasteiger partial charge in [0.25, 0.3) is 0 Å². The molecule has 3 heteroatoms. The maximum absolute atomic E-state index is 6.68. The smallest absolute Gasteiger partial charge is 0.142 e. The molecule has 33 heavy (non-hydrogen) atoms. The molecule has 0 radical (unpaired) electrons. The molecule has 0 saturated heterocycles. The third-order valence-corrected chi connectivity index (χ3v) is 7.05. The number of aryl methyl sites for hydroxylation is 1. The Morgan fingerprint density at radius 1 is 1.00 bits per heavy atom. The van der Waals surface area contributed by atoms with Crippen LogP contribution in [-0.2, 0) is 13.0 Å². The Labute approximate surface area is 202 Å². The van der Waals surface area contributed by atoms with E-state index in [1.165, 1.54) is 39.8 Å². The van der Waals surface area contributed by atoms with E-state index in [2.05, 4.69) is 77.8 Å². The number of hydrogen-bond acceptors (Lipinski definition) is 3. The standard InChI is InChI=1S/C30H45NO2/c1-22(2)11-8-12-23(3)13-9-14-24(4)15-10-17-30(6)18-16-26-27-20-31(7)21-32-28(27)19-25(5)29(26)33-30/h11,13,15,19H,8-10,12,14,16-18,20-21H2,1-7H3/b23-13+,24-15+/t30-/m1/s1. The van der Waals surface area contributed by atoms with Crippen LogP contribution >= 0.6 is 0 Å². The molecule has 0 spiro atoms. The van der Waals surface area contributed by atoms with Gasteiger partial charge in [-0.05, 0) is 112 Å². The zero-order chi connectivity index (χ0) is 24.0. The molecule has 3 nitrogen and oxygen atoms in total. The van der Waals surface area contributed by atoms with Crippen molar-refractivity contribution < 1.29 is 9.47 Å². The van der Waals surface area contributed by atoms with Crippen LogP contribution in [-0.4, -0.2) is 24.3 Å². The zero-order valence-corrected chi connectivity index (χ0v) is 22.1. The van der Waals surface area contributed by atoms with E-state index in [1.807, 2.05) is 0 Å². The number of fused-ring (bicyclic) bond motifs is 3. The lowest BCUT2D eigenvalue weighted by atomic mass is 9.85. The molecule has 182 valence electrons. The van der Waals surface area contributed by atoms with E-state index in [9.17, 15) is 0 Å². The second-order valence-corrected chi connectivity index (χ2v) is 10.8. The number of benzene rings is 1. The molecular weight excluding hydrogens is 406 g/mol. The first kappa shape index (κ1) is 25.6. The van der Waals surface area contributed by atoms with E-state index < -0.39 is 0 Å². The van der Waals surface area contributed by atoms with Crippen molar-refractivity contribution in [2.45, 2.75) is 105 Å².